The maximum Gasteiger partial charge on any atom is 0.269 e. The molecule has 0 radical (unpaired) electrons. The van der Waals surface area contributed by atoms with Crippen molar-refractivity contribution < 1.29 is 14.5 Å². The van der Waals surface area contributed by atoms with E-state index >= 15 is 0 Å². The zero-order valence-electron chi connectivity index (χ0n) is 11.1. The zero-order valence-corrected chi connectivity index (χ0v) is 11.1. The Kier molecular flexibility index (Phi) is 5.03. The van der Waals surface area contributed by atoms with Crippen molar-refractivity contribution in [3.63, 3.8) is 0 Å². The lowest BCUT2D eigenvalue weighted by Crippen LogP contribution is -2.44. The standard InChI is InChI=1S/C13H17N3O4/c17-13(15-5-7-20-8-6-15)10-14-9-11-1-3-12(4-2-11)16(18)19/h1-4,14H,5-10H2. The third-order valence-corrected chi connectivity index (χ3v) is 3.12. The molecule has 0 saturated carbocycles. The van der Waals surface area contributed by atoms with Gasteiger partial charge in [0.2, 0.25) is 5.91 Å². The number of benzene rings is 1. The van der Waals surface area contributed by atoms with Crippen LogP contribution < -0.4 is 5.32 Å². The first-order chi connectivity index (χ1) is 9.66. The highest BCUT2D eigenvalue weighted by atomic mass is 16.6. The molecule has 0 unspecified atom stereocenters. The molecule has 1 amide bonds. The van der Waals surface area contributed by atoms with Crippen LogP contribution in [-0.2, 0) is 16.1 Å². The highest BCUT2D eigenvalue weighted by Gasteiger charge is 2.15. The Morgan fingerprint density at radius 3 is 2.55 bits per heavy atom. The number of amides is 1. The molecule has 0 bridgehead atoms. The Bertz CT molecular complexity index is 469. The minimum absolute atomic E-state index is 0.0511. The van der Waals surface area contributed by atoms with Gasteiger partial charge in [-0.25, -0.2) is 0 Å². The van der Waals surface area contributed by atoms with E-state index in [1.807, 2.05) is 0 Å². The SMILES string of the molecule is O=C(CNCc1ccc([N+](=O)[O-])cc1)N1CCOCC1. The van der Waals surface area contributed by atoms with Gasteiger partial charge in [0.05, 0.1) is 24.7 Å². The van der Waals surface area contributed by atoms with Crippen LogP contribution in [0.15, 0.2) is 24.3 Å². The third-order valence-electron chi connectivity index (χ3n) is 3.12. The lowest BCUT2D eigenvalue weighted by molar-refractivity contribution is -0.384. The van der Waals surface area contributed by atoms with E-state index in [0.29, 0.717) is 32.8 Å². The summed E-state index contributed by atoms with van der Waals surface area (Å²) in [5.74, 6) is 0.0511. The number of nitro groups is 1. The summed E-state index contributed by atoms with van der Waals surface area (Å²) >= 11 is 0. The number of hydrogen-bond donors (Lipinski definition) is 1. The van der Waals surface area contributed by atoms with Gasteiger partial charge in [-0.15, -0.1) is 0 Å². The molecule has 1 N–H and O–H groups in total. The molecule has 1 saturated heterocycles. The van der Waals surface area contributed by atoms with Gasteiger partial charge >= 0.3 is 0 Å². The molecule has 0 atom stereocenters. The van der Waals surface area contributed by atoms with Crippen LogP contribution in [0.2, 0.25) is 0 Å². The molecule has 1 aromatic carbocycles. The summed E-state index contributed by atoms with van der Waals surface area (Å²) in [5, 5.41) is 13.6. The minimum Gasteiger partial charge on any atom is -0.378 e. The molecule has 1 aliphatic rings. The zero-order chi connectivity index (χ0) is 14.4. The van der Waals surface area contributed by atoms with E-state index in [4.69, 9.17) is 4.74 Å². The van der Waals surface area contributed by atoms with Crippen LogP contribution in [0.4, 0.5) is 5.69 Å². The summed E-state index contributed by atoms with van der Waals surface area (Å²) in [5.41, 5.74) is 0.975. The summed E-state index contributed by atoms with van der Waals surface area (Å²) in [7, 11) is 0. The number of nitrogens with zero attached hydrogens (tertiary/aromatic N) is 2. The molecule has 108 valence electrons. The van der Waals surface area contributed by atoms with E-state index in [-0.39, 0.29) is 18.1 Å². The van der Waals surface area contributed by atoms with Crippen LogP contribution in [0.25, 0.3) is 0 Å². The third kappa shape index (κ3) is 4.01. The second-order valence-corrected chi connectivity index (χ2v) is 4.52. The molecule has 7 nitrogen and oxygen atoms in total. The van der Waals surface area contributed by atoms with Crippen LogP contribution in [0, 0.1) is 10.1 Å². The van der Waals surface area contributed by atoms with Gasteiger partial charge in [-0.1, -0.05) is 12.1 Å². The van der Waals surface area contributed by atoms with Gasteiger partial charge in [0, 0.05) is 31.8 Å². The average molecular weight is 279 g/mol. The van der Waals surface area contributed by atoms with Crippen molar-refractivity contribution in [1.29, 1.82) is 0 Å². The molecule has 1 heterocycles. The second kappa shape index (κ2) is 6.97. The van der Waals surface area contributed by atoms with Gasteiger partial charge in [0.25, 0.3) is 5.69 Å². The smallest absolute Gasteiger partial charge is 0.269 e. The van der Waals surface area contributed by atoms with Crippen LogP contribution in [-0.4, -0.2) is 48.6 Å². The predicted octanol–water partition coefficient (Wildman–Crippen LogP) is 0.543. The number of carbonyl (C=O) groups is 1. The Labute approximate surface area is 116 Å². The van der Waals surface area contributed by atoms with Crippen molar-refractivity contribution in [2.24, 2.45) is 0 Å². The van der Waals surface area contributed by atoms with Gasteiger partial charge in [0.1, 0.15) is 0 Å². The number of morpholine rings is 1. The Balaban J connectivity index is 1.74. The van der Waals surface area contributed by atoms with Crippen LogP contribution in [0.5, 0.6) is 0 Å². The maximum atomic E-state index is 11.9. The van der Waals surface area contributed by atoms with E-state index in [2.05, 4.69) is 5.32 Å². The number of rotatable bonds is 5. The molecular formula is C13H17N3O4. The number of non-ortho nitro benzene ring substituents is 1. The molecule has 0 aromatic heterocycles. The van der Waals surface area contributed by atoms with Crippen molar-refractivity contribution >= 4 is 11.6 Å². The van der Waals surface area contributed by atoms with E-state index in [1.54, 1.807) is 17.0 Å². The van der Waals surface area contributed by atoms with Gasteiger partial charge in [-0.2, -0.15) is 0 Å². The van der Waals surface area contributed by atoms with Crippen molar-refractivity contribution in [1.82, 2.24) is 10.2 Å². The van der Waals surface area contributed by atoms with Crippen LogP contribution in [0.1, 0.15) is 5.56 Å². The number of nitrogens with one attached hydrogen (secondary N) is 1. The summed E-state index contributed by atoms with van der Waals surface area (Å²) < 4.78 is 5.18. The van der Waals surface area contributed by atoms with Crippen molar-refractivity contribution in [3.05, 3.63) is 39.9 Å². The lowest BCUT2D eigenvalue weighted by atomic mass is 10.2. The van der Waals surface area contributed by atoms with E-state index < -0.39 is 4.92 Å². The Morgan fingerprint density at radius 2 is 1.95 bits per heavy atom. The molecule has 1 aromatic rings. The average Bonchev–Trinajstić information content (AvgIpc) is 2.48. The highest BCUT2D eigenvalue weighted by Crippen LogP contribution is 2.11. The normalized spacial score (nSPS) is 15.1. The predicted molar refractivity (Wildman–Crippen MR) is 72.2 cm³/mol. The quantitative estimate of drug-likeness (QED) is 0.628. The fraction of sp³-hybridized carbons (Fsp3) is 0.462. The molecule has 1 fully saturated rings. The topological polar surface area (TPSA) is 84.7 Å². The largest absolute Gasteiger partial charge is 0.378 e. The number of hydrogen-bond acceptors (Lipinski definition) is 5. The number of nitro benzene ring substituents is 1. The lowest BCUT2D eigenvalue weighted by Gasteiger charge is -2.26. The Hall–Kier alpha value is -1.99. The van der Waals surface area contributed by atoms with Gasteiger partial charge < -0.3 is 15.0 Å². The first-order valence-electron chi connectivity index (χ1n) is 6.46. The van der Waals surface area contributed by atoms with E-state index in [9.17, 15) is 14.9 Å². The Morgan fingerprint density at radius 1 is 1.30 bits per heavy atom. The molecule has 7 heteroatoms. The fourth-order valence-corrected chi connectivity index (χ4v) is 1.97. The summed E-state index contributed by atoms with van der Waals surface area (Å²) in [6.45, 7) is 3.23. The molecule has 20 heavy (non-hydrogen) atoms. The summed E-state index contributed by atoms with van der Waals surface area (Å²) in [4.78, 5) is 23.7. The molecule has 2 rings (SSSR count). The second-order valence-electron chi connectivity index (χ2n) is 4.52. The monoisotopic (exact) mass is 279 g/mol. The van der Waals surface area contributed by atoms with Crippen molar-refractivity contribution in [2.45, 2.75) is 6.54 Å². The van der Waals surface area contributed by atoms with Crippen LogP contribution in [0.3, 0.4) is 0 Å². The maximum absolute atomic E-state index is 11.9. The van der Waals surface area contributed by atoms with Gasteiger partial charge in [-0.05, 0) is 5.56 Å². The molecule has 1 aliphatic heterocycles. The highest BCUT2D eigenvalue weighted by molar-refractivity contribution is 5.78. The van der Waals surface area contributed by atoms with Crippen LogP contribution >= 0.6 is 0 Å². The van der Waals surface area contributed by atoms with E-state index in [1.165, 1.54) is 12.1 Å². The number of ether oxygens (including phenoxy) is 1. The van der Waals surface area contributed by atoms with Crippen molar-refractivity contribution in [3.8, 4) is 0 Å². The minimum atomic E-state index is -0.431. The molecule has 0 aliphatic carbocycles. The first-order valence-corrected chi connectivity index (χ1v) is 6.46. The van der Waals surface area contributed by atoms with Gasteiger partial charge in [0.15, 0.2) is 0 Å². The van der Waals surface area contributed by atoms with Gasteiger partial charge in [-0.3, -0.25) is 14.9 Å². The molecule has 0 spiro atoms. The number of carbonyl (C=O) groups excluding carboxylic acids is 1. The summed E-state index contributed by atoms with van der Waals surface area (Å²) in [6, 6.07) is 6.29. The summed E-state index contributed by atoms with van der Waals surface area (Å²) in [6.07, 6.45) is 0. The molecular weight excluding hydrogens is 262 g/mol. The first kappa shape index (κ1) is 14.4. The fourth-order valence-electron chi connectivity index (χ4n) is 1.97. The van der Waals surface area contributed by atoms with Crippen molar-refractivity contribution in [2.75, 3.05) is 32.8 Å². The van der Waals surface area contributed by atoms with E-state index in [0.717, 1.165) is 5.56 Å².